The zero-order valence-electron chi connectivity index (χ0n) is 13.8. The zero-order chi connectivity index (χ0) is 15.9. The SMILES string of the molecule is C/C(=C\c1ccco1)CN1CC[C@H](CNC(=O)NC(C)C)C1. The van der Waals surface area contributed by atoms with Gasteiger partial charge < -0.3 is 15.1 Å². The smallest absolute Gasteiger partial charge is 0.314 e. The summed E-state index contributed by atoms with van der Waals surface area (Å²) in [5.41, 5.74) is 1.29. The van der Waals surface area contributed by atoms with Crippen LogP contribution in [0.25, 0.3) is 6.08 Å². The average Bonchev–Trinajstić information content (AvgIpc) is 3.07. The first kappa shape index (κ1) is 16.6. The number of nitrogens with zero attached hydrogens (tertiary/aromatic N) is 1. The highest BCUT2D eigenvalue weighted by Crippen LogP contribution is 2.17. The van der Waals surface area contributed by atoms with Crippen LogP contribution in [0.4, 0.5) is 4.79 Å². The lowest BCUT2D eigenvalue weighted by molar-refractivity contribution is 0.236. The molecule has 0 spiro atoms. The molecule has 0 aromatic carbocycles. The van der Waals surface area contributed by atoms with Gasteiger partial charge in [-0.15, -0.1) is 0 Å². The number of carbonyl (C=O) groups is 1. The molecule has 2 amide bonds. The molecule has 0 saturated carbocycles. The molecule has 0 aliphatic carbocycles. The standard InChI is InChI=1S/C17H27N3O2/c1-13(2)19-17(21)18-10-15-6-7-20(12-15)11-14(3)9-16-5-4-8-22-16/h4-5,8-9,13,15H,6-7,10-12H2,1-3H3,(H2,18,19,21)/b14-9+/t15-/m1/s1. The van der Waals surface area contributed by atoms with Gasteiger partial charge in [-0.2, -0.15) is 0 Å². The molecule has 1 fully saturated rings. The Morgan fingerprint density at radius 1 is 1.55 bits per heavy atom. The average molecular weight is 305 g/mol. The fourth-order valence-electron chi connectivity index (χ4n) is 2.79. The summed E-state index contributed by atoms with van der Waals surface area (Å²) in [5.74, 6) is 1.44. The van der Waals surface area contributed by atoms with Crippen molar-refractivity contribution in [2.24, 2.45) is 5.92 Å². The Hall–Kier alpha value is -1.75. The van der Waals surface area contributed by atoms with Crippen molar-refractivity contribution in [3.05, 3.63) is 29.7 Å². The van der Waals surface area contributed by atoms with Crippen molar-refractivity contribution in [1.29, 1.82) is 0 Å². The molecular formula is C17H27N3O2. The fraction of sp³-hybridized carbons (Fsp3) is 0.588. The van der Waals surface area contributed by atoms with Crippen molar-refractivity contribution in [3.63, 3.8) is 0 Å². The molecule has 1 atom stereocenters. The van der Waals surface area contributed by atoms with Crippen molar-refractivity contribution < 1.29 is 9.21 Å². The second-order valence-corrected chi connectivity index (χ2v) is 6.40. The van der Waals surface area contributed by atoms with Crippen LogP contribution < -0.4 is 10.6 Å². The summed E-state index contributed by atoms with van der Waals surface area (Å²) < 4.78 is 5.34. The van der Waals surface area contributed by atoms with Crippen molar-refractivity contribution in [3.8, 4) is 0 Å². The molecule has 22 heavy (non-hydrogen) atoms. The van der Waals surface area contributed by atoms with Gasteiger partial charge in [-0.25, -0.2) is 4.79 Å². The van der Waals surface area contributed by atoms with E-state index in [9.17, 15) is 4.79 Å². The lowest BCUT2D eigenvalue weighted by Crippen LogP contribution is -2.41. The zero-order valence-corrected chi connectivity index (χ0v) is 13.8. The van der Waals surface area contributed by atoms with Crippen molar-refractivity contribution >= 4 is 12.1 Å². The second-order valence-electron chi connectivity index (χ2n) is 6.40. The minimum Gasteiger partial charge on any atom is -0.465 e. The molecule has 2 heterocycles. The lowest BCUT2D eigenvalue weighted by Gasteiger charge is -2.17. The number of urea groups is 1. The Kier molecular flexibility index (Phi) is 6.07. The highest BCUT2D eigenvalue weighted by Gasteiger charge is 2.22. The maximum Gasteiger partial charge on any atom is 0.314 e. The molecule has 1 aromatic rings. The van der Waals surface area contributed by atoms with E-state index in [0.29, 0.717) is 5.92 Å². The van der Waals surface area contributed by atoms with Gasteiger partial charge in [0, 0.05) is 25.7 Å². The van der Waals surface area contributed by atoms with Crippen molar-refractivity contribution in [2.45, 2.75) is 33.2 Å². The first-order valence-corrected chi connectivity index (χ1v) is 8.00. The van der Waals surface area contributed by atoms with E-state index in [1.807, 2.05) is 26.0 Å². The third-order valence-electron chi connectivity index (χ3n) is 3.75. The van der Waals surface area contributed by atoms with E-state index in [2.05, 4.69) is 28.5 Å². The predicted octanol–water partition coefficient (Wildman–Crippen LogP) is 2.71. The molecule has 0 unspecified atom stereocenters. The van der Waals surface area contributed by atoms with Crippen LogP contribution in [-0.4, -0.2) is 43.2 Å². The van der Waals surface area contributed by atoms with Crippen LogP contribution >= 0.6 is 0 Å². The maximum absolute atomic E-state index is 11.6. The minimum atomic E-state index is -0.0673. The fourth-order valence-corrected chi connectivity index (χ4v) is 2.79. The van der Waals surface area contributed by atoms with Crippen LogP contribution in [0.1, 0.15) is 33.0 Å². The summed E-state index contributed by atoms with van der Waals surface area (Å²) in [5, 5.41) is 5.81. The Labute approximate surface area is 132 Å². The number of furan rings is 1. The van der Waals surface area contributed by atoms with Crippen LogP contribution in [0.15, 0.2) is 28.4 Å². The number of nitrogens with one attached hydrogen (secondary N) is 2. The number of hydrogen-bond donors (Lipinski definition) is 2. The Morgan fingerprint density at radius 3 is 3.05 bits per heavy atom. The molecule has 0 radical (unpaired) electrons. The number of amides is 2. The summed E-state index contributed by atoms with van der Waals surface area (Å²) in [4.78, 5) is 14.0. The van der Waals surface area contributed by atoms with E-state index in [0.717, 1.165) is 38.4 Å². The first-order valence-electron chi connectivity index (χ1n) is 8.00. The quantitative estimate of drug-likeness (QED) is 0.849. The molecule has 0 bridgehead atoms. The van der Waals surface area contributed by atoms with Crippen LogP contribution in [0, 0.1) is 5.92 Å². The Balaban J connectivity index is 1.70. The molecule has 1 saturated heterocycles. The van der Waals surface area contributed by atoms with Crippen LogP contribution in [0.2, 0.25) is 0 Å². The summed E-state index contributed by atoms with van der Waals surface area (Å²) in [7, 11) is 0. The van der Waals surface area contributed by atoms with E-state index in [-0.39, 0.29) is 12.1 Å². The highest BCUT2D eigenvalue weighted by molar-refractivity contribution is 5.74. The van der Waals surface area contributed by atoms with E-state index >= 15 is 0 Å². The van der Waals surface area contributed by atoms with Crippen molar-refractivity contribution in [2.75, 3.05) is 26.2 Å². The van der Waals surface area contributed by atoms with Gasteiger partial charge in [-0.3, -0.25) is 4.90 Å². The summed E-state index contributed by atoms with van der Waals surface area (Å²) in [6, 6.07) is 3.98. The van der Waals surface area contributed by atoms with Gasteiger partial charge in [0.1, 0.15) is 5.76 Å². The van der Waals surface area contributed by atoms with Crippen molar-refractivity contribution in [1.82, 2.24) is 15.5 Å². The summed E-state index contributed by atoms with van der Waals surface area (Å²) in [6.07, 6.45) is 4.91. The lowest BCUT2D eigenvalue weighted by atomic mass is 10.1. The van der Waals surface area contributed by atoms with Gasteiger partial charge in [0.15, 0.2) is 0 Å². The normalized spacial score (nSPS) is 19.6. The topological polar surface area (TPSA) is 57.5 Å². The molecule has 2 rings (SSSR count). The molecular weight excluding hydrogens is 278 g/mol. The Morgan fingerprint density at radius 2 is 2.36 bits per heavy atom. The third kappa shape index (κ3) is 5.56. The summed E-state index contributed by atoms with van der Waals surface area (Å²) >= 11 is 0. The molecule has 5 heteroatoms. The van der Waals surface area contributed by atoms with Crippen LogP contribution in [0.5, 0.6) is 0 Å². The molecule has 1 aliphatic rings. The van der Waals surface area contributed by atoms with E-state index in [4.69, 9.17) is 4.42 Å². The molecule has 1 aliphatic heterocycles. The first-order chi connectivity index (χ1) is 10.5. The number of rotatable bonds is 6. The molecule has 5 nitrogen and oxygen atoms in total. The highest BCUT2D eigenvalue weighted by atomic mass is 16.3. The molecule has 122 valence electrons. The third-order valence-corrected chi connectivity index (χ3v) is 3.75. The second kappa shape index (κ2) is 8.03. The van der Waals surface area contributed by atoms with Crippen LogP contribution in [-0.2, 0) is 0 Å². The molecule has 2 N–H and O–H groups in total. The number of hydrogen-bond acceptors (Lipinski definition) is 3. The minimum absolute atomic E-state index is 0.0673. The Bertz CT molecular complexity index is 494. The van der Waals surface area contributed by atoms with Crippen LogP contribution in [0.3, 0.4) is 0 Å². The predicted molar refractivity (Wildman–Crippen MR) is 88.6 cm³/mol. The van der Waals surface area contributed by atoms with E-state index in [1.54, 1.807) is 6.26 Å². The van der Waals surface area contributed by atoms with E-state index < -0.39 is 0 Å². The van der Waals surface area contributed by atoms with Gasteiger partial charge in [0.2, 0.25) is 0 Å². The number of likely N-dealkylation sites (tertiary alicyclic amines) is 1. The number of carbonyl (C=O) groups excluding carboxylic acids is 1. The van der Waals surface area contributed by atoms with Gasteiger partial charge in [0.25, 0.3) is 0 Å². The maximum atomic E-state index is 11.6. The largest absolute Gasteiger partial charge is 0.465 e. The van der Waals surface area contributed by atoms with E-state index in [1.165, 1.54) is 5.57 Å². The van der Waals surface area contributed by atoms with Gasteiger partial charge in [0.05, 0.1) is 6.26 Å². The van der Waals surface area contributed by atoms with Gasteiger partial charge in [-0.05, 0) is 57.9 Å². The summed E-state index contributed by atoms with van der Waals surface area (Å²) in [6.45, 7) is 9.87. The monoisotopic (exact) mass is 305 g/mol. The molecule has 1 aromatic heterocycles. The van der Waals surface area contributed by atoms with Gasteiger partial charge in [-0.1, -0.05) is 5.57 Å². The van der Waals surface area contributed by atoms with Gasteiger partial charge >= 0.3 is 6.03 Å².